The van der Waals surface area contributed by atoms with Gasteiger partial charge in [0, 0.05) is 5.69 Å². The van der Waals surface area contributed by atoms with Crippen LogP contribution in [0.15, 0.2) is 30.3 Å². The molecule has 0 bridgehead atoms. The van der Waals surface area contributed by atoms with Crippen molar-refractivity contribution >= 4 is 5.97 Å². The maximum Gasteiger partial charge on any atom is 0.306 e. The van der Waals surface area contributed by atoms with E-state index in [0.29, 0.717) is 19.4 Å². The van der Waals surface area contributed by atoms with E-state index in [9.17, 15) is 4.79 Å². The third kappa shape index (κ3) is 5.41. The third-order valence-corrected chi connectivity index (χ3v) is 3.48. The summed E-state index contributed by atoms with van der Waals surface area (Å²) in [5.41, 5.74) is 2.67. The molecule has 0 saturated heterocycles. The fraction of sp³-hybridized carbons (Fsp3) is 0.474. The lowest BCUT2D eigenvalue weighted by atomic mass is 10.1. The Morgan fingerprint density at radius 1 is 1.21 bits per heavy atom. The maximum absolute atomic E-state index is 11.9. The summed E-state index contributed by atoms with van der Waals surface area (Å²) >= 11 is 0. The summed E-state index contributed by atoms with van der Waals surface area (Å²) in [6, 6.07) is 9.94. The number of rotatable bonds is 6. The number of methoxy groups -OCH3 is 1. The predicted octanol–water partition coefficient (Wildman–Crippen LogP) is 3.52. The van der Waals surface area contributed by atoms with Gasteiger partial charge in [-0.2, -0.15) is 5.10 Å². The Kier molecular flexibility index (Phi) is 5.65. The normalized spacial score (nSPS) is 11.4. The molecule has 5 nitrogen and oxygen atoms in total. The van der Waals surface area contributed by atoms with Crippen LogP contribution in [0.3, 0.4) is 0 Å². The zero-order chi connectivity index (χ0) is 17.7. The fourth-order valence-electron chi connectivity index (χ4n) is 2.46. The van der Waals surface area contributed by atoms with E-state index in [-0.39, 0.29) is 5.97 Å². The van der Waals surface area contributed by atoms with E-state index >= 15 is 0 Å². The van der Waals surface area contributed by atoms with Crippen molar-refractivity contribution in [3.8, 4) is 5.75 Å². The standard InChI is InChI=1S/C19H26N2O3/c1-14-12-16(8-11-18(22)24-19(2,3)4)21(20-14)13-15-6-9-17(23-5)10-7-15/h6-7,9-10,12H,8,11,13H2,1-5H3. The first-order valence-electron chi connectivity index (χ1n) is 8.15. The third-order valence-electron chi connectivity index (χ3n) is 3.48. The molecule has 1 aromatic carbocycles. The van der Waals surface area contributed by atoms with Gasteiger partial charge in [0.1, 0.15) is 11.4 Å². The van der Waals surface area contributed by atoms with Crippen LogP contribution in [0.5, 0.6) is 5.75 Å². The van der Waals surface area contributed by atoms with Crippen molar-refractivity contribution in [2.75, 3.05) is 7.11 Å². The van der Waals surface area contributed by atoms with E-state index in [1.165, 1.54) is 0 Å². The second-order valence-electron chi connectivity index (χ2n) is 6.87. The minimum absolute atomic E-state index is 0.183. The van der Waals surface area contributed by atoms with Crippen molar-refractivity contribution in [1.82, 2.24) is 9.78 Å². The van der Waals surface area contributed by atoms with Crippen LogP contribution < -0.4 is 4.74 Å². The molecule has 0 fully saturated rings. The summed E-state index contributed by atoms with van der Waals surface area (Å²) in [5, 5.41) is 4.53. The van der Waals surface area contributed by atoms with Gasteiger partial charge >= 0.3 is 5.97 Å². The van der Waals surface area contributed by atoms with Gasteiger partial charge in [0.25, 0.3) is 0 Å². The highest BCUT2D eigenvalue weighted by Gasteiger charge is 2.17. The molecule has 0 aliphatic heterocycles. The molecule has 0 atom stereocenters. The van der Waals surface area contributed by atoms with Crippen LogP contribution in [0.25, 0.3) is 0 Å². The molecule has 5 heteroatoms. The lowest BCUT2D eigenvalue weighted by Gasteiger charge is -2.19. The van der Waals surface area contributed by atoms with Crippen LogP contribution >= 0.6 is 0 Å². The van der Waals surface area contributed by atoms with Crippen LogP contribution in [0.4, 0.5) is 0 Å². The number of aromatic nitrogens is 2. The highest BCUT2D eigenvalue weighted by atomic mass is 16.6. The molecule has 0 N–H and O–H groups in total. The van der Waals surface area contributed by atoms with Crippen molar-refractivity contribution in [2.24, 2.45) is 0 Å². The molecule has 0 unspecified atom stereocenters. The van der Waals surface area contributed by atoms with E-state index in [4.69, 9.17) is 9.47 Å². The van der Waals surface area contributed by atoms with Crippen LogP contribution in [0.2, 0.25) is 0 Å². The number of ether oxygens (including phenoxy) is 2. The molecule has 1 heterocycles. The maximum atomic E-state index is 11.9. The minimum Gasteiger partial charge on any atom is -0.497 e. The lowest BCUT2D eigenvalue weighted by molar-refractivity contribution is -0.154. The number of carbonyl (C=O) groups is 1. The quantitative estimate of drug-likeness (QED) is 0.761. The summed E-state index contributed by atoms with van der Waals surface area (Å²) in [5.74, 6) is 0.651. The lowest BCUT2D eigenvalue weighted by Crippen LogP contribution is -2.24. The van der Waals surface area contributed by atoms with E-state index < -0.39 is 5.60 Å². The van der Waals surface area contributed by atoms with E-state index in [0.717, 1.165) is 22.7 Å². The minimum atomic E-state index is -0.448. The van der Waals surface area contributed by atoms with E-state index in [1.807, 2.05) is 62.7 Å². The molecule has 24 heavy (non-hydrogen) atoms. The first kappa shape index (κ1) is 18.0. The SMILES string of the molecule is COc1ccc(Cn2nc(C)cc2CCC(=O)OC(C)(C)C)cc1. The zero-order valence-corrected chi connectivity index (χ0v) is 15.1. The van der Waals surface area contributed by atoms with Gasteiger partial charge in [-0.25, -0.2) is 0 Å². The topological polar surface area (TPSA) is 53.4 Å². The monoisotopic (exact) mass is 330 g/mol. The van der Waals surface area contributed by atoms with E-state index in [2.05, 4.69) is 5.10 Å². The number of carbonyl (C=O) groups excluding carboxylic acids is 1. The molecule has 0 aliphatic rings. The Morgan fingerprint density at radius 2 is 1.88 bits per heavy atom. The molecule has 0 aliphatic carbocycles. The summed E-state index contributed by atoms with van der Waals surface area (Å²) in [6.45, 7) is 8.26. The average Bonchev–Trinajstić information content (AvgIpc) is 2.84. The zero-order valence-electron chi connectivity index (χ0n) is 15.1. The molecule has 2 aromatic rings. The van der Waals surface area contributed by atoms with Gasteiger partial charge in [0.15, 0.2) is 0 Å². The molecule has 1 aromatic heterocycles. The van der Waals surface area contributed by atoms with E-state index in [1.54, 1.807) is 7.11 Å². The number of nitrogens with zero attached hydrogens (tertiary/aromatic N) is 2. The first-order valence-corrected chi connectivity index (χ1v) is 8.15. The Balaban J connectivity index is 2.02. The number of esters is 1. The van der Waals surface area contributed by atoms with Gasteiger partial charge in [-0.15, -0.1) is 0 Å². The molecule has 0 radical (unpaired) electrons. The van der Waals surface area contributed by atoms with Crippen LogP contribution in [0, 0.1) is 6.92 Å². The van der Waals surface area contributed by atoms with Gasteiger partial charge in [0.05, 0.1) is 25.8 Å². The fourth-order valence-corrected chi connectivity index (χ4v) is 2.46. The van der Waals surface area contributed by atoms with Crippen molar-refractivity contribution < 1.29 is 14.3 Å². The Hall–Kier alpha value is -2.30. The van der Waals surface area contributed by atoms with Crippen LogP contribution in [-0.4, -0.2) is 28.5 Å². The van der Waals surface area contributed by atoms with Crippen molar-refractivity contribution in [3.05, 3.63) is 47.3 Å². The van der Waals surface area contributed by atoms with Crippen LogP contribution in [-0.2, 0) is 22.5 Å². The summed E-state index contributed by atoms with van der Waals surface area (Å²) in [4.78, 5) is 11.9. The highest BCUT2D eigenvalue weighted by Crippen LogP contribution is 2.15. The largest absolute Gasteiger partial charge is 0.497 e. The number of benzene rings is 1. The number of hydrogen-bond acceptors (Lipinski definition) is 4. The van der Waals surface area contributed by atoms with Crippen molar-refractivity contribution in [1.29, 1.82) is 0 Å². The molecule has 0 spiro atoms. The van der Waals surface area contributed by atoms with Crippen molar-refractivity contribution in [2.45, 2.75) is 52.7 Å². The molecule has 0 saturated carbocycles. The Bertz CT molecular complexity index is 682. The molecular weight excluding hydrogens is 304 g/mol. The van der Waals surface area contributed by atoms with Crippen molar-refractivity contribution in [3.63, 3.8) is 0 Å². The smallest absolute Gasteiger partial charge is 0.306 e. The number of hydrogen-bond donors (Lipinski definition) is 0. The van der Waals surface area contributed by atoms with Gasteiger partial charge in [-0.3, -0.25) is 9.48 Å². The Morgan fingerprint density at radius 3 is 2.46 bits per heavy atom. The molecule has 2 rings (SSSR count). The second-order valence-corrected chi connectivity index (χ2v) is 6.87. The van der Waals surface area contributed by atoms with Crippen LogP contribution in [0.1, 0.15) is 44.1 Å². The predicted molar refractivity (Wildman–Crippen MR) is 93.2 cm³/mol. The molecule has 130 valence electrons. The summed E-state index contributed by atoms with van der Waals surface area (Å²) in [7, 11) is 1.65. The highest BCUT2D eigenvalue weighted by molar-refractivity contribution is 5.70. The van der Waals surface area contributed by atoms with Gasteiger partial charge in [-0.1, -0.05) is 12.1 Å². The summed E-state index contributed by atoms with van der Waals surface area (Å²) in [6.07, 6.45) is 0.969. The van der Waals surface area contributed by atoms with Gasteiger partial charge in [-0.05, 0) is 57.9 Å². The number of aryl methyl sites for hydroxylation is 2. The average molecular weight is 330 g/mol. The van der Waals surface area contributed by atoms with Gasteiger partial charge in [0.2, 0.25) is 0 Å². The summed E-state index contributed by atoms with van der Waals surface area (Å²) < 4.78 is 12.5. The first-order chi connectivity index (χ1) is 11.3. The molecular formula is C19H26N2O3. The Labute approximate surface area is 143 Å². The van der Waals surface area contributed by atoms with Gasteiger partial charge < -0.3 is 9.47 Å². The second kappa shape index (κ2) is 7.51. The molecule has 0 amide bonds.